The van der Waals surface area contributed by atoms with Crippen LogP contribution in [-0.2, 0) is 11.2 Å². The molecule has 2 aromatic rings. The molecule has 22 heavy (non-hydrogen) atoms. The number of carbonyl (C=O) groups is 2. The summed E-state index contributed by atoms with van der Waals surface area (Å²) in [5.74, 6) is -1.34. The summed E-state index contributed by atoms with van der Waals surface area (Å²) in [6, 6.07) is 10.4. The molecule has 1 heterocycles. The van der Waals surface area contributed by atoms with Crippen molar-refractivity contribution in [2.24, 2.45) is 0 Å². The summed E-state index contributed by atoms with van der Waals surface area (Å²) in [7, 11) is 0. The van der Waals surface area contributed by atoms with Crippen molar-refractivity contribution in [3.63, 3.8) is 0 Å². The second kappa shape index (κ2) is 7.26. The van der Waals surface area contributed by atoms with Gasteiger partial charge in [-0.25, -0.2) is 4.79 Å². The summed E-state index contributed by atoms with van der Waals surface area (Å²) in [6.07, 6.45) is 4.67. The van der Waals surface area contributed by atoms with Crippen molar-refractivity contribution in [2.75, 3.05) is 0 Å². The third kappa shape index (κ3) is 4.09. The van der Waals surface area contributed by atoms with Gasteiger partial charge in [-0.05, 0) is 36.2 Å². The molecule has 114 valence electrons. The minimum atomic E-state index is -1.23. The quantitative estimate of drug-likeness (QED) is 0.803. The second-order valence-electron chi connectivity index (χ2n) is 4.78. The van der Waals surface area contributed by atoms with Gasteiger partial charge in [0.25, 0.3) is 5.91 Å². The maximum absolute atomic E-state index is 12.1. The fourth-order valence-electron chi connectivity index (χ4n) is 1.97. The summed E-state index contributed by atoms with van der Waals surface area (Å²) in [5.41, 5.74) is 1.31. The lowest BCUT2D eigenvalue weighted by atomic mass is 10.1. The third-order valence-corrected chi connectivity index (χ3v) is 3.06. The average molecular weight is 299 g/mol. The molecule has 2 rings (SSSR count). The van der Waals surface area contributed by atoms with Gasteiger partial charge in [-0.2, -0.15) is 0 Å². The first-order valence-corrected chi connectivity index (χ1v) is 6.99. The number of nitrogens with one attached hydrogen (secondary N) is 1. The van der Waals surface area contributed by atoms with E-state index in [0.717, 1.165) is 18.4 Å². The van der Waals surface area contributed by atoms with E-state index in [1.165, 1.54) is 12.3 Å². The zero-order chi connectivity index (χ0) is 15.9. The molecule has 0 saturated heterocycles. The van der Waals surface area contributed by atoms with Crippen LogP contribution < -0.4 is 5.32 Å². The Labute approximate surface area is 128 Å². The van der Waals surface area contributed by atoms with Gasteiger partial charge in [-0.1, -0.05) is 25.5 Å². The normalized spacial score (nSPS) is 11.2. The van der Waals surface area contributed by atoms with Crippen molar-refractivity contribution in [2.45, 2.75) is 19.8 Å². The van der Waals surface area contributed by atoms with E-state index >= 15 is 0 Å². The fraction of sp³-hybridized carbons (Fsp3) is 0.176. The molecular weight excluding hydrogens is 282 g/mol. The molecule has 0 radical (unpaired) electrons. The molecule has 1 amide bonds. The Bertz CT molecular complexity index is 669. The first kappa shape index (κ1) is 15.6. The number of aryl methyl sites for hydroxylation is 1. The number of aliphatic carboxylic acids is 1. The smallest absolute Gasteiger partial charge is 0.352 e. The Hall–Kier alpha value is -2.82. The number of furan rings is 1. The number of hydrogen-bond donors (Lipinski definition) is 2. The lowest BCUT2D eigenvalue weighted by Gasteiger charge is -2.06. The third-order valence-electron chi connectivity index (χ3n) is 3.06. The van der Waals surface area contributed by atoms with Gasteiger partial charge in [0.2, 0.25) is 0 Å². The number of benzene rings is 1. The number of carboxylic acid groups (broad SMARTS) is 1. The average Bonchev–Trinajstić information content (AvgIpc) is 3.00. The molecule has 0 fully saturated rings. The number of carboxylic acids is 1. The van der Waals surface area contributed by atoms with Gasteiger partial charge in [-0.15, -0.1) is 0 Å². The number of amides is 1. The first-order valence-electron chi connectivity index (χ1n) is 6.99. The SMILES string of the molecule is CCCc1ccc(C(=O)NC(=Cc2ccco2)C(=O)O)cc1. The van der Waals surface area contributed by atoms with E-state index in [1.54, 1.807) is 24.3 Å². The minimum Gasteiger partial charge on any atom is -0.477 e. The molecule has 0 unspecified atom stereocenters. The van der Waals surface area contributed by atoms with E-state index in [2.05, 4.69) is 12.2 Å². The van der Waals surface area contributed by atoms with Gasteiger partial charge in [0.15, 0.2) is 0 Å². The summed E-state index contributed by atoms with van der Waals surface area (Å²) in [5, 5.41) is 11.5. The number of carbonyl (C=O) groups excluding carboxylic acids is 1. The summed E-state index contributed by atoms with van der Waals surface area (Å²) in [4.78, 5) is 23.3. The van der Waals surface area contributed by atoms with Gasteiger partial charge in [0.05, 0.1) is 6.26 Å². The molecular formula is C17H17NO4. The van der Waals surface area contributed by atoms with Gasteiger partial charge in [-0.3, -0.25) is 4.79 Å². The van der Waals surface area contributed by atoms with E-state index < -0.39 is 11.9 Å². The Balaban J connectivity index is 2.13. The van der Waals surface area contributed by atoms with Crippen LogP contribution in [0, 0.1) is 0 Å². The highest BCUT2D eigenvalue weighted by Crippen LogP contribution is 2.09. The Morgan fingerprint density at radius 2 is 1.95 bits per heavy atom. The fourth-order valence-corrected chi connectivity index (χ4v) is 1.97. The molecule has 0 aliphatic rings. The van der Waals surface area contributed by atoms with Crippen LogP contribution >= 0.6 is 0 Å². The maximum Gasteiger partial charge on any atom is 0.352 e. The molecule has 5 nitrogen and oxygen atoms in total. The second-order valence-corrected chi connectivity index (χ2v) is 4.78. The van der Waals surface area contributed by atoms with Crippen LogP contribution in [0.1, 0.15) is 35.0 Å². The molecule has 2 N–H and O–H groups in total. The molecule has 0 atom stereocenters. The van der Waals surface area contributed by atoms with E-state index in [1.807, 2.05) is 12.1 Å². The Morgan fingerprint density at radius 1 is 1.23 bits per heavy atom. The van der Waals surface area contributed by atoms with Crippen LogP contribution in [0.5, 0.6) is 0 Å². The highest BCUT2D eigenvalue weighted by Gasteiger charge is 2.14. The van der Waals surface area contributed by atoms with E-state index in [4.69, 9.17) is 9.52 Å². The van der Waals surface area contributed by atoms with Crippen molar-refractivity contribution in [1.29, 1.82) is 0 Å². The topological polar surface area (TPSA) is 79.5 Å². The van der Waals surface area contributed by atoms with Crippen LogP contribution in [0.15, 0.2) is 52.8 Å². The predicted octanol–water partition coefficient (Wildman–Crippen LogP) is 3.09. The minimum absolute atomic E-state index is 0.238. The monoisotopic (exact) mass is 299 g/mol. The lowest BCUT2D eigenvalue weighted by Crippen LogP contribution is -2.27. The molecule has 1 aromatic carbocycles. The van der Waals surface area contributed by atoms with E-state index in [9.17, 15) is 9.59 Å². The van der Waals surface area contributed by atoms with Crippen molar-refractivity contribution in [3.8, 4) is 0 Å². The molecule has 0 aliphatic heterocycles. The predicted molar refractivity (Wildman–Crippen MR) is 82.2 cm³/mol. The summed E-state index contributed by atoms with van der Waals surface area (Å²) in [6.45, 7) is 2.08. The lowest BCUT2D eigenvalue weighted by molar-refractivity contribution is -0.132. The molecule has 1 aromatic heterocycles. The van der Waals surface area contributed by atoms with Gasteiger partial charge >= 0.3 is 5.97 Å². The van der Waals surface area contributed by atoms with Crippen LogP contribution in [0.3, 0.4) is 0 Å². The van der Waals surface area contributed by atoms with Crippen LogP contribution in [0.4, 0.5) is 0 Å². The molecule has 0 saturated carbocycles. The van der Waals surface area contributed by atoms with Crippen LogP contribution in [0.25, 0.3) is 6.08 Å². The van der Waals surface area contributed by atoms with Gasteiger partial charge in [0, 0.05) is 11.6 Å². The zero-order valence-corrected chi connectivity index (χ0v) is 12.2. The van der Waals surface area contributed by atoms with Crippen molar-refractivity contribution in [3.05, 3.63) is 65.2 Å². The van der Waals surface area contributed by atoms with Crippen molar-refractivity contribution < 1.29 is 19.1 Å². The van der Waals surface area contributed by atoms with Gasteiger partial charge < -0.3 is 14.8 Å². The molecule has 0 bridgehead atoms. The maximum atomic E-state index is 12.1. The standard InChI is InChI=1S/C17H17NO4/c1-2-4-12-6-8-13(9-7-12)16(19)18-15(17(20)21)11-14-5-3-10-22-14/h3,5-11H,2,4H2,1H3,(H,18,19)(H,20,21). The Morgan fingerprint density at radius 3 is 2.50 bits per heavy atom. The number of rotatable bonds is 6. The van der Waals surface area contributed by atoms with Crippen LogP contribution in [0.2, 0.25) is 0 Å². The summed E-state index contributed by atoms with van der Waals surface area (Å²) < 4.78 is 5.05. The molecule has 0 aliphatic carbocycles. The molecule has 5 heteroatoms. The van der Waals surface area contributed by atoms with Crippen LogP contribution in [-0.4, -0.2) is 17.0 Å². The summed E-state index contributed by atoms with van der Waals surface area (Å²) >= 11 is 0. The first-order chi connectivity index (χ1) is 10.6. The van der Waals surface area contributed by atoms with Crippen molar-refractivity contribution in [1.82, 2.24) is 5.32 Å². The van der Waals surface area contributed by atoms with E-state index in [0.29, 0.717) is 11.3 Å². The zero-order valence-electron chi connectivity index (χ0n) is 12.2. The Kier molecular flexibility index (Phi) is 5.14. The highest BCUT2D eigenvalue weighted by molar-refractivity contribution is 6.02. The highest BCUT2D eigenvalue weighted by atomic mass is 16.4. The van der Waals surface area contributed by atoms with E-state index in [-0.39, 0.29) is 5.70 Å². The largest absolute Gasteiger partial charge is 0.477 e. The number of hydrogen-bond acceptors (Lipinski definition) is 3. The van der Waals surface area contributed by atoms with Crippen molar-refractivity contribution >= 4 is 18.0 Å². The molecule has 0 spiro atoms. The van der Waals surface area contributed by atoms with Gasteiger partial charge in [0.1, 0.15) is 11.5 Å².